The number of hydrogen-bond acceptors (Lipinski definition) is 6. The first-order valence-electron chi connectivity index (χ1n) is 12.3. The minimum absolute atomic E-state index is 0.0836. The van der Waals surface area contributed by atoms with E-state index in [1.807, 2.05) is 13.8 Å². The van der Waals surface area contributed by atoms with E-state index in [1.165, 1.54) is 0 Å². The van der Waals surface area contributed by atoms with Crippen LogP contribution in [0.25, 0.3) is 0 Å². The Morgan fingerprint density at radius 3 is 2.28 bits per heavy atom. The molecule has 0 heterocycles. The molecule has 0 aromatic heterocycles. The van der Waals surface area contributed by atoms with Gasteiger partial charge in [-0.05, 0) is 30.4 Å². The average molecular weight is 510 g/mol. The van der Waals surface area contributed by atoms with Gasteiger partial charge in [-0.15, -0.1) is 0 Å². The first kappa shape index (κ1) is 31.2. The molecule has 204 valence electrons. The number of hydrogen-bond donors (Lipinski definition) is 5. The Bertz CT molecular complexity index is 839. The van der Waals surface area contributed by atoms with Crippen molar-refractivity contribution in [1.82, 2.24) is 16.0 Å². The van der Waals surface area contributed by atoms with Gasteiger partial charge in [0.1, 0.15) is 5.75 Å². The van der Waals surface area contributed by atoms with Gasteiger partial charge in [-0.25, -0.2) is 4.79 Å². The molecule has 1 rings (SSSR count). The van der Waals surface area contributed by atoms with Crippen molar-refractivity contribution in [3.63, 3.8) is 0 Å². The van der Waals surface area contributed by atoms with Gasteiger partial charge in [0.05, 0.1) is 24.3 Å². The van der Waals surface area contributed by atoms with Gasteiger partial charge < -0.3 is 35.6 Å². The molecule has 0 saturated carbocycles. The molecule has 3 amide bonds. The molecule has 0 bridgehead atoms. The molecule has 3 atom stereocenters. The lowest BCUT2D eigenvalue weighted by atomic mass is 9.87. The van der Waals surface area contributed by atoms with Crippen molar-refractivity contribution < 1.29 is 34.1 Å². The van der Waals surface area contributed by atoms with Crippen molar-refractivity contribution in [1.29, 1.82) is 0 Å². The number of rotatable bonds is 15. The molecule has 0 saturated heterocycles. The zero-order valence-corrected chi connectivity index (χ0v) is 22.3. The molecule has 1 aromatic carbocycles. The second-order valence-electron chi connectivity index (χ2n) is 10.2. The molecule has 0 unspecified atom stereocenters. The van der Waals surface area contributed by atoms with E-state index in [4.69, 9.17) is 9.47 Å². The van der Waals surface area contributed by atoms with Crippen molar-refractivity contribution in [3.05, 3.63) is 29.8 Å². The number of aliphatic hydroxyl groups is 1. The van der Waals surface area contributed by atoms with Gasteiger partial charge in [0.2, 0.25) is 5.91 Å². The summed E-state index contributed by atoms with van der Waals surface area (Å²) >= 11 is 0. The Morgan fingerprint density at radius 1 is 1.03 bits per heavy atom. The van der Waals surface area contributed by atoms with E-state index in [0.717, 1.165) is 0 Å². The fourth-order valence-electron chi connectivity index (χ4n) is 3.48. The summed E-state index contributed by atoms with van der Waals surface area (Å²) in [7, 11) is 1.62. The van der Waals surface area contributed by atoms with E-state index in [2.05, 4.69) is 16.0 Å². The van der Waals surface area contributed by atoms with Crippen molar-refractivity contribution in [3.8, 4) is 5.75 Å². The number of para-hydroxylation sites is 1. The van der Waals surface area contributed by atoms with Gasteiger partial charge >= 0.3 is 6.09 Å². The lowest BCUT2D eigenvalue weighted by molar-refractivity contribution is -0.129. The largest absolute Gasteiger partial charge is 0.493 e. The van der Waals surface area contributed by atoms with E-state index in [0.29, 0.717) is 30.9 Å². The lowest BCUT2D eigenvalue weighted by Gasteiger charge is -2.30. The molecule has 1 aromatic rings. The molecule has 10 nitrogen and oxygen atoms in total. The Morgan fingerprint density at radius 2 is 1.69 bits per heavy atom. The van der Waals surface area contributed by atoms with Gasteiger partial charge in [-0.2, -0.15) is 0 Å². The molecule has 0 radical (unpaired) electrons. The van der Waals surface area contributed by atoms with E-state index in [9.17, 15) is 24.6 Å². The Hall–Kier alpha value is -2.85. The number of carboxylic acid groups (broad SMARTS) is 1. The second-order valence-corrected chi connectivity index (χ2v) is 10.2. The van der Waals surface area contributed by atoms with Gasteiger partial charge in [-0.3, -0.25) is 9.59 Å². The Kier molecular flexibility index (Phi) is 13.3. The van der Waals surface area contributed by atoms with Crippen LogP contribution in [0.1, 0.15) is 57.8 Å². The van der Waals surface area contributed by atoms with Crippen molar-refractivity contribution in [2.24, 2.45) is 17.3 Å². The van der Waals surface area contributed by atoms with Gasteiger partial charge in [-0.1, -0.05) is 46.8 Å². The summed E-state index contributed by atoms with van der Waals surface area (Å²) in [5, 5.41) is 27.9. The van der Waals surface area contributed by atoms with Crippen LogP contribution in [0.3, 0.4) is 0 Å². The fraction of sp³-hybridized carbons (Fsp3) is 0.654. The van der Waals surface area contributed by atoms with Crippen LogP contribution in [0, 0.1) is 17.3 Å². The van der Waals surface area contributed by atoms with E-state index in [-0.39, 0.29) is 43.2 Å². The zero-order chi connectivity index (χ0) is 27.3. The standard InChI is InChI=1S/C26H43N3O7/c1-17(2)18(14-20(29-25(33)34)21(30)16-28-24(32)26(3,4)5)15-27-23(31)19-10-7-8-11-22(19)36-13-9-12-35-6/h7-8,10-11,17-18,20-21,29-30H,9,12-16H2,1-6H3,(H,27,31)(H,28,32)(H,33,34)/t18-,20+,21+/m1/s1. The third-order valence-corrected chi connectivity index (χ3v) is 5.83. The summed E-state index contributed by atoms with van der Waals surface area (Å²) < 4.78 is 10.8. The Labute approximate surface area is 214 Å². The summed E-state index contributed by atoms with van der Waals surface area (Å²) in [5.41, 5.74) is -0.230. The number of nitrogens with one attached hydrogen (secondary N) is 3. The van der Waals surface area contributed by atoms with Crippen LogP contribution in [0.2, 0.25) is 0 Å². The number of ether oxygens (including phenoxy) is 2. The molecule has 0 aliphatic carbocycles. The van der Waals surface area contributed by atoms with E-state index in [1.54, 1.807) is 52.1 Å². The quantitative estimate of drug-likeness (QED) is 0.228. The van der Waals surface area contributed by atoms with Crippen molar-refractivity contribution in [2.45, 2.75) is 59.6 Å². The highest BCUT2D eigenvalue weighted by molar-refractivity contribution is 5.96. The number of methoxy groups -OCH3 is 1. The number of carbonyl (C=O) groups excluding carboxylic acids is 2. The second kappa shape index (κ2) is 15.3. The van der Waals surface area contributed by atoms with Crippen LogP contribution >= 0.6 is 0 Å². The van der Waals surface area contributed by atoms with Gasteiger partial charge in [0, 0.05) is 38.6 Å². The minimum atomic E-state index is -1.27. The Balaban J connectivity index is 2.83. The van der Waals surface area contributed by atoms with Crippen LogP contribution in [0.5, 0.6) is 5.75 Å². The number of benzene rings is 1. The van der Waals surface area contributed by atoms with Crippen LogP contribution in [0.4, 0.5) is 4.79 Å². The monoisotopic (exact) mass is 509 g/mol. The molecule has 0 aliphatic heterocycles. The number of carbonyl (C=O) groups is 3. The topological polar surface area (TPSA) is 146 Å². The summed E-state index contributed by atoms with van der Waals surface area (Å²) in [6, 6.07) is 6.13. The molecule has 0 aliphatic rings. The smallest absolute Gasteiger partial charge is 0.404 e. The number of amides is 3. The molecule has 5 N–H and O–H groups in total. The van der Waals surface area contributed by atoms with Crippen molar-refractivity contribution in [2.75, 3.05) is 33.4 Å². The average Bonchev–Trinajstić information content (AvgIpc) is 2.80. The molecule has 0 fully saturated rings. The summed E-state index contributed by atoms with van der Waals surface area (Å²) in [5.74, 6) is -0.133. The summed E-state index contributed by atoms with van der Waals surface area (Å²) in [6.45, 7) is 10.3. The maximum atomic E-state index is 12.9. The van der Waals surface area contributed by atoms with E-state index >= 15 is 0 Å². The lowest BCUT2D eigenvalue weighted by Crippen LogP contribution is -2.51. The maximum Gasteiger partial charge on any atom is 0.404 e. The third-order valence-electron chi connectivity index (χ3n) is 5.83. The predicted molar refractivity (Wildman–Crippen MR) is 137 cm³/mol. The zero-order valence-electron chi connectivity index (χ0n) is 22.3. The van der Waals surface area contributed by atoms with Gasteiger partial charge in [0.25, 0.3) is 5.91 Å². The molecule has 0 spiro atoms. The molecular formula is C26H43N3O7. The molecule has 10 heteroatoms. The molecular weight excluding hydrogens is 466 g/mol. The van der Waals surface area contributed by atoms with Crippen LogP contribution < -0.4 is 20.7 Å². The normalized spacial score (nSPS) is 14.0. The highest BCUT2D eigenvalue weighted by Crippen LogP contribution is 2.21. The van der Waals surface area contributed by atoms with Crippen molar-refractivity contribution >= 4 is 17.9 Å². The highest BCUT2D eigenvalue weighted by atomic mass is 16.5. The minimum Gasteiger partial charge on any atom is -0.493 e. The molecule has 36 heavy (non-hydrogen) atoms. The highest BCUT2D eigenvalue weighted by Gasteiger charge is 2.29. The third kappa shape index (κ3) is 11.3. The van der Waals surface area contributed by atoms with Gasteiger partial charge in [0.15, 0.2) is 0 Å². The first-order valence-corrected chi connectivity index (χ1v) is 12.3. The summed E-state index contributed by atoms with van der Waals surface area (Å²) in [6.07, 6.45) is -1.44. The van der Waals surface area contributed by atoms with E-state index < -0.39 is 23.7 Å². The van der Waals surface area contributed by atoms with Crippen LogP contribution in [-0.2, 0) is 9.53 Å². The SMILES string of the molecule is COCCCOc1ccccc1C(=O)NC[C@@H](C[C@H](NC(=O)O)[C@@H](O)CNC(=O)C(C)(C)C)C(C)C. The first-order chi connectivity index (χ1) is 16.9. The number of aliphatic hydroxyl groups excluding tert-OH is 1. The van der Waals surface area contributed by atoms with Crippen LogP contribution in [0.15, 0.2) is 24.3 Å². The predicted octanol–water partition coefficient (Wildman–Crippen LogP) is 2.65. The van der Waals surface area contributed by atoms with Crippen LogP contribution in [-0.4, -0.2) is 73.7 Å². The maximum absolute atomic E-state index is 12.9. The fourth-order valence-corrected chi connectivity index (χ4v) is 3.48. The summed E-state index contributed by atoms with van der Waals surface area (Å²) in [4.78, 5) is 36.5.